The van der Waals surface area contributed by atoms with Crippen LogP contribution in [0.5, 0.6) is 0 Å². The molecule has 0 saturated carbocycles. The summed E-state index contributed by atoms with van der Waals surface area (Å²) in [6.45, 7) is 12.2. The van der Waals surface area contributed by atoms with Crippen LogP contribution in [-0.2, 0) is 16.8 Å². The highest BCUT2D eigenvalue weighted by Gasteiger charge is 2.40. The van der Waals surface area contributed by atoms with E-state index in [4.69, 9.17) is 6.85 Å². The van der Waals surface area contributed by atoms with Crippen LogP contribution >= 0.6 is 0 Å². The SMILES string of the molecule is [2H]c1c([2H])c([2H])c([N+]2=C=[N+](c3cc(C(C)(C)C)cc(C(F)(F)c4ccc5c6ccncc6n(-c6cc(C(C)(C)C)ccn6)c5c4)c3)c3ccccc32)c([2H])c1[2H]. The molecule has 0 spiro atoms. The summed E-state index contributed by atoms with van der Waals surface area (Å²) in [6, 6.07) is 23.3. The van der Waals surface area contributed by atoms with Crippen molar-refractivity contribution in [1.29, 1.82) is 0 Å². The van der Waals surface area contributed by atoms with Crippen molar-refractivity contribution >= 4 is 50.6 Å². The number of benzene rings is 4. The minimum Gasteiger partial charge on any atom is -0.292 e. The van der Waals surface area contributed by atoms with Crippen LogP contribution in [0.4, 0.5) is 31.5 Å². The van der Waals surface area contributed by atoms with Gasteiger partial charge in [0.2, 0.25) is 11.4 Å². The maximum atomic E-state index is 17.3. The molecule has 0 fully saturated rings. The lowest BCUT2D eigenvalue weighted by molar-refractivity contribution is 0.0428. The van der Waals surface area contributed by atoms with Gasteiger partial charge in [0.05, 0.1) is 24.1 Å². The zero-order valence-electron chi connectivity index (χ0n) is 34.2. The molecule has 1 aliphatic heterocycles. The molecule has 0 unspecified atom stereocenters. The number of halogens is 2. The third-order valence-electron chi connectivity index (χ3n) is 9.45. The summed E-state index contributed by atoms with van der Waals surface area (Å²) in [5.74, 6) is -2.87. The number of fused-ring (bicyclic) bond motifs is 4. The van der Waals surface area contributed by atoms with Gasteiger partial charge in [-0.05, 0) is 61.4 Å². The summed E-state index contributed by atoms with van der Waals surface area (Å²) in [7, 11) is 0. The van der Waals surface area contributed by atoms with Crippen molar-refractivity contribution in [2.75, 3.05) is 0 Å². The van der Waals surface area contributed by atoms with Crippen LogP contribution in [0.3, 0.4) is 0 Å². The summed E-state index contributed by atoms with van der Waals surface area (Å²) >= 11 is 0. The number of aromatic nitrogens is 3. The Kier molecular flexibility index (Phi) is 6.17. The molecule has 0 radical (unpaired) electrons. The Morgan fingerprint density at radius 1 is 0.647 bits per heavy atom. The van der Waals surface area contributed by atoms with Gasteiger partial charge in [-0.3, -0.25) is 9.55 Å². The first-order chi connectivity index (χ1) is 26.4. The quantitative estimate of drug-likeness (QED) is 0.170. The van der Waals surface area contributed by atoms with E-state index in [9.17, 15) is 0 Å². The normalized spacial score (nSPS) is 14.8. The molecule has 1 aliphatic rings. The van der Waals surface area contributed by atoms with Gasteiger partial charge in [-0.15, -0.1) is 0 Å². The lowest BCUT2D eigenvalue weighted by Crippen LogP contribution is -2.19. The fourth-order valence-electron chi connectivity index (χ4n) is 6.61. The minimum absolute atomic E-state index is 0.0927. The molecule has 252 valence electrons. The second-order valence-electron chi connectivity index (χ2n) is 14.9. The average molecular weight is 681 g/mol. The van der Waals surface area contributed by atoms with Crippen molar-refractivity contribution in [2.24, 2.45) is 0 Å². The molecule has 0 saturated heterocycles. The van der Waals surface area contributed by atoms with Crippen LogP contribution in [0.25, 0.3) is 27.6 Å². The number of para-hydroxylation sites is 3. The topological polar surface area (TPSA) is 36.7 Å². The Hall–Kier alpha value is -5.78. The lowest BCUT2D eigenvalue weighted by atomic mass is 9.84. The molecule has 0 aliphatic carbocycles. The van der Waals surface area contributed by atoms with Crippen molar-refractivity contribution in [1.82, 2.24) is 23.7 Å². The Morgan fingerprint density at radius 3 is 2.02 bits per heavy atom. The molecule has 0 amide bonds. The fraction of sp³-hybridized carbons (Fsp3) is 0.205. The molecule has 8 rings (SSSR count). The summed E-state index contributed by atoms with van der Waals surface area (Å²) in [5, 5.41) is 1.66. The number of rotatable bonds is 5. The van der Waals surface area contributed by atoms with Crippen molar-refractivity contribution in [3.63, 3.8) is 0 Å². The Morgan fingerprint density at radius 2 is 1.31 bits per heavy atom. The number of pyridine rings is 2. The van der Waals surface area contributed by atoms with E-state index in [1.807, 2.05) is 49.6 Å². The molecular weight excluding hydrogens is 637 g/mol. The van der Waals surface area contributed by atoms with Gasteiger partial charge in [-0.25, -0.2) is 4.98 Å². The van der Waals surface area contributed by atoms with Crippen LogP contribution in [0, 0.1) is 0 Å². The molecule has 0 bridgehead atoms. The zero-order chi connectivity index (χ0) is 40.1. The average Bonchev–Trinajstić information content (AvgIpc) is 3.71. The summed E-state index contributed by atoms with van der Waals surface area (Å²) in [6.07, 6.45) is 5.16. The third kappa shape index (κ3) is 5.55. The van der Waals surface area contributed by atoms with Gasteiger partial charge in [0, 0.05) is 70.6 Å². The minimum atomic E-state index is -3.48. The first kappa shape index (κ1) is 27.0. The Labute approximate surface area is 303 Å². The lowest BCUT2D eigenvalue weighted by Gasteiger charge is -2.23. The highest BCUT2D eigenvalue weighted by molar-refractivity contribution is 6.09. The molecular formula is C44H39F2N5+2. The van der Waals surface area contributed by atoms with Crippen molar-refractivity contribution in [3.05, 3.63) is 150 Å². The number of alkyl halides is 2. The number of hydrogen-bond acceptors (Lipinski definition) is 2. The van der Waals surface area contributed by atoms with Crippen LogP contribution in [0.15, 0.2) is 128 Å². The Bertz CT molecular complexity index is 2830. The zero-order valence-corrected chi connectivity index (χ0v) is 29.2. The number of hydrogen-bond donors (Lipinski definition) is 0. The monoisotopic (exact) mass is 680 g/mol. The van der Waals surface area contributed by atoms with Crippen LogP contribution in [0.1, 0.15) is 70.7 Å². The molecule has 4 heterocycles. The van der Waals surface area contributed by atoms with Crippen LogP contribution in [0.2, 0.25) is 0 Å². The van der Waals surface area contributed by atoms with Gasteiger partial charge in [0.25, 0.3) is 17.3 Å². The van der Waals surface area contributed by atoms with Crippen molar-refractivity contribution in [3.8, 4) is 5.82 Å². The maximum absolute atomic E-state index is 17.3. The summed E-state index contributed by atoms with van der Waals surface area (Å²) in [5.41, 5.74) is 3.18. The van der Waals surface area contributed by atoms with E-state index < -0.39 is 41.5 Å². The van der Waals surface area contributed by atoms with Gasteiger partial charge in [-0.2, -0.15) is 8.78 Å². The molecule has 4 aromatic carbocycles. The van der Waals surface area contributed by atoms with Gasteiger partial charge in [0.1, 0.15) is 5.82 Å². The van der Waals surface area contributed by atoms with Gasteiger partial charge < -0.3 is 0 Å². The predicted molar refractivity (Wildman–Crippen MR) is 204 cm³/mol. The predicted octanol–water partition coefficient (Wildman–Crippen LogP) is 11.2. The van der Waals surface area contributed by atoms with E-state index in [-0.39, 0.29) is 22.2 Å². The molecule has 5 nitrogen and oxygen atoms in total. The van der Waals surface area contributed by atoms with Crippen molar-refractivity contribution in [2.45, 2.75) is 58.3 Å². The largest absolute Gasteiger partial charge is 0.503 e. The molecule has 0 N–H and O–H groups in total. The molecule has 7 aromatic rings. The summed E-state index contributed by atoms with van der Waals surface area (Å²) < 4.78 is 81.6. The highest BCUT2D eigenvalue weighted by atomic mass is 19.3. The molecule has 7 heteroatoms. The number of nitrogens with zero attached hydrogens (tertiary/aromatic N) is 5. The van der Waals surface area contributed by atoms with E-state index in [0.29, 0.717) is 34.0 Å². The second kappa shape index (κ2) is 11.6. The first-order valence-corrected chi connectivity index (χ1v) is 16.8. The summed E-state index contributed by atoms with van der Waals surface area (Å²) in [4.78, 5) is 9.06. The van der Waals surface area contributed by atoms with Gasteiger partial charge in [-0.1, -0.05) is 83.9 Å². The van der Waals surface area contributed by atoms with E-state index in [2.05, 4.69) is 36.7 Å². The standard InChI is InChI=1S/C44H39F2N5/c1-42(2,3)29-18-21-48-41(26-29)51-39-25-30(16-17-35(39)36-19-20-47-27-40(36)51)44(45,46)32-22-31(43(4,5)6)23-34(24-32)50-28-49(33-12-8-7-9-13-33)37-14-10-11-15-38(37)50/h7-27H,1-6H3/q+2/i7D,8D,9D,12D,13D. The van der Waals surface area contributed by atoms with Gasteiger partial charge in [0.15, 0.2) is 0 Å². The highest BCUT2D eigenvalue weighted by Crippen LogP contribution is 2.44. The van der Waals surface area contributed by atoms with Crippen molar-refractivity contribution < 1.29 is 15.6 Å². The second-order valence-corrected chi connectivity index (χ2v) is 14.9. The Balaban J connectivity index is 1.35. The van der Waals surface area contributed by atoms with Crippen LogP contribution in [-0.4, -0.2) is 20.5 Å². The fourth-order valence-corrected chi connectivity index (χ4v) is 6.61. The van der Waals surface area contributed by atoms with Gasteiger partial charge >= 0.3 is 6.01 Å². The smallest absolute Gasteiger partial charge is 0.292 e. The maximum Gasteiger partial charge on any atom is 0.503 e. The van der Waals surface area contributed by atoms with E-state index >= 15 is 8.78 Å². The van der Waals surface area contributed by atoms with E-state index in [0.717, 1.165) is 21.9 Å². The molecule has 3 aromatic heterocycles. The van der Waals surface area contributed by atoms with E-state index in [1.54, 1.807) is 53.5 Å². The van der Waals surface area contributed by atoms with E-state index in [1.165, 1.54) is 28.8 Å². The molecule has 51 heavy (non-hydrogen) atoms. The molecule has 0 atom stereocenters. The first-order valence-electron chi connectivity index (χ1n) is 19.3. The third-order valence-corrected chi connectivity index (χ3v) is 9.45. The van der Waals surface area contributed by atoms with Crippen LogP contribution < -0.4 is 9.15 Å².